The molecular formula is C20H25NO5S. The lowest BCUT2D eigenvalue weighted by molar-refractivity contribution is 0.0666. The molecule has 0 aliphatic rings. The van der Waals surface area contributed by atoms with Gasteiger partial charge in [-0.3, -0.25) is 5.32 Å². The molecule has 0 unspecified atom stereocenters. The molecule has 6 nitrogen and oxygen atoms in total. The van der Waals surface area contributed by atoms with Gasteiger partial charge in [0, 0.05) is 17.2 Å². The molecule has 2 atom stereocenters. The maximum Gasteiger partial charge on any atom is 0.412 e. The molecule has 0 heterocycles. The number of nitrogens with one attached hydrogen (secondary N) is 1. The average Bonchev–Trinajstić information content (AvgIpc) is 2.66. The van der Waals surface area contributed by atoms with E-state index in [1.165, 1.54) is 13.2 Å². The Hall–Kier alpha value is -2.38. The number of thioether (sulfide) groups is 1. The van der Waals surface area contributed by atoms with E-state index in [1.54, 1.807) is 36.0 Å². The van der Waals surface area contributed by atoms with Crippen LogP contribution in [0.4, 0.5) is 10.5 Å². The molecule has 27 heavy (non-hydrogen) atoms. The molecular weight excluding hydrogens is 366 g/mol. The predicted molar refractivity (Wildman–Crippen MR) is 107 cm³/mol. The van der Waals surface area contributed by atoms with Crippen molar-refractivity contribution in [1.29, 1.82) is 0 Å². The van der Waals surface area contributed by atoms with Crippen LogP contribution in [0.1, 0.15) is 25.0 Å². The molecule has 7 heteroatoms. The van der Waals surface area contributed by atoms with Gasteiger partial charge in [-0.15, -0.1) is 11.8 Å². The van der Waals surface area contributed by atoms with Crippen LogP contribution in [0.3, 0.4) is 0 Å². The summed E-state index contributed by atoms with van der Waals surface area (Å²) in [6.45, 7) is 1.85. The molecule has 2 aromatic carbocycles. The minimum absolute atomic E-state index is 0.0269. The fraction of sp³-hybridized carbons (Fsp3) is 0.350. The van der Waals surface area contributed by atoms with Crippen molar-refractivity contribution in [2.75, 3.05) is 25.3 Å². The summed E-state index contributed by atoms with van der Waals surface area (Å²) in [7, 11) is 1.47. The van der Waals surface area contributed by atoms with Gasteiger partial charge < -0.3 is 19.7 Å². The zero-order chi connectivity index (χ0) is 19.8. The lowest BCUT2D eigenvalue weighted by Crippen LogP contribution is -2.22. The van der Waals surface area contributed by atoms with E-state index in [-0.39, 0.29) is 18.3 Å². The van der Waals surface area contributed by atoms with Gasteiger partial charge in [-0.2, -0.15) is 0 Å². The van der Waals surface area contributed by atoms with E-state index in [9.17, 15) is 15.0 Å². The number of hydrogen-bond acceptors (Lipinski definition) is 6. The number of phenols is 1. The van der Waals surface area contributed by atoms with E-state index >= 15 is 0 Å². The Kier molecular flexibility index (Phi) is 7.82. The number of hydrogen-bond donors (Lipinski definition) is 3. The second-order valence-electron chi connectivity index (χ2n) is 6.10. The first-order valence-corrected chi connectivity index (χ1v) is 9.80. The number of anilines is 1. The summed E-state index contributed by atoms with van der Waals surface area (Å²) in [5.41, 5.74) is 1.26. The molecule has 2 rings (SSSR count). The van der Waals surface area contributed by atoms with Crippen molar-refractivity contribution in [3.8, 4) is 11.5 Å². The topological polar surface area (TPSA) is 88.0 Å². The molecule has 0 bridgehead atoms. The third-order valence-electron chi connectivity index (χ3n) is 4.20. The van der Waals surface area contributed by atoms with Crippen molar-refractivity contribution in [3.63, 3.8) is 0 Å². The molecule has 3 N–H and O–H groups in total. The van der Waals surface area contributed by atoms with Gasteiger partial charge in [0.2, 0.25) is 0 Å². The summed E-state index contributed by atoms with van der Waals surface area (Å²) < 4.78 is 10.7. The highest BCUT2D eigenvalue weighted by Crippen LogP contribution is 2.34. The molecule has 0 saturated heterocycles. The predicted octanol–water partition coefficient (Wildman–Crippen LogP) is 4.43. The maximum absolute atomic E-state index is 12.4. The van der Waals surface area contributed by atoms with E-state index in [4.69, 9.17) is 9.47 Å². The first-order chi connectivity index (χ1) is 13.0. The number of ether oxygens (including phenoxy) is 2. The van der Waals surface area contributed by atoms with Gasteiger partial charge in [0.25, 0.3) is 0 Å². The summed E-state index contributed by atoms with van der Waals surface area (Å²) in [6.07, 6.45) is 1.21. The Balaban J connectivity index is 2.15. The standard InChI is InChI=1S/C20H25NO5S/c1-13(10-11-22)19(14-4-9-18(25-2)17(23)12-14)26-20(24)21-15-5-7-16(27-3)8-6-15/h4-9,12-13,19,22-23H,10-11H2,1-3H3,(H,21,24)/t13-,19+/m1/s1. The van der Waals surface area contributed by atoms with Gasteiger partial charge in [0.05, 0.1) is 7.11 Å². The number of aromatic hydroxyl groups is 1. The van der Waals surface area contributed by atoms with Gasteiger partial charge in [-0.05, 0) is 60.6 Å². The van der Waals surface area contributed by atoms with Crippen molar-refractivity contribution in [2.24, 2.45) is 5.92 Å². The summed E-state index contributed by atoms with van der Waals surface area (Å²) in [5.74, 6) is 0.158. The fourth-order valence-electron chi connectivity index (χ4n) is 2.69. The quantitative estimate of drug-likeness (QED) is 0.577. The monoisotopic (exact) mass is 391 g/mol. The average molecular weight is 391 g/mol. The molecule has 0 aromatic heterocycles. The summed E-state index contributed by atoms with van der Waals surface area (Å²) >= 11 is 1.62. The van der Waals surface area contributed by atoms with Crippen LogP contribution in [-0.4, -0.2) is 36.3 Å². The number of rotatable bonds is 8. The number of methoxy groups -OCH3 is 1. The number of phenolic OH excluding ortho intramolecular Hbond substituents is 1. The van der Waals surface area contributed by atoms with Crippen molar-refractivity contribution in [2.45, 2.75) is 24.3 Å². The Morgan fingerprint density at radius 3 is 2.48 bits per heavy atom. The molecule has 146 valence electrons. The number of carbonyl (C=O) groups is 1. The summed E-state index contributed by atoms with van der Waals surface area (Å²) in [5, 5.41) is 22.0. The molecule has 0 fully saturated rings. The molecule has 0 radical (unpaired) electrons. The largest absolute Gasteiger partial charge is 0.504 e. The molecule has 1 amide bonds. The highest BCUT2D eigenvalue weighted by molar-refractivity contribution is 7.98. The van der Waals surface area contributed by atoms with Gasteiger partial charge in [-0.25, -0.2) is 4.79 Å². The molecule has 0 aliphatic carbocycles. The third kappa shape index (κ3) is 5.80. The second-order valence-corrected chi connectivity index (χ2v) is 6.98. The number of benzene rings is 2. The highest BCUT2D eigenvalue weighted by atomic mass is 32.2. The maximum atomic E-state index is 12.4. The summed E-state index contributed by atoms with van der Waals surface area (Å²) in [4.78, 5) is 13.5. The number of carbonyl (C=O) groups excluding carboxylic acids is 1. The van der Waals surface area contributed by atoms with Crippen LogP contribution in [-0.2, 0) is 4.74 Å². The van der Waals surface area contributed by atoms with Crippen molar-refractivity contribution >= 4 is 23.5 Å². The minimum Gasteiger partial charge on any atom is -0.504 e. The van der Waals surface area contributed by atoms with Gasteiger partial charge in [0.15, 0.2) is 11.5 Å². The van der Waals surface area contributed by atoms with E-state index in [0.29, 0.717) is 23.4 Å². The number of amides is 1. The van der Waals surface area contributed by atoms with Crippen LogP contribution in [0.15, 0.2) is 47.4 Å². The number of aliphatic hydroxyl groups is 1. The lowest BCUT2D eigenvalue weighted by Gasteiger charge is -2.24. The highest BCUT2D eigenvalue weighted by Gasteiger charge is 2.24. The normalized spacial score (nSPS) is 12.9. The Morgan fingerprint density at radius 2 is 1.93 bits per heavy atom. The fourth-order valence-corrected chi connectivity index (χ4v) is 3.10. The Labute approximate surface area is 163 Å². The smallest absolute Gasteiger partial charge is 0.412 e. The first kappa shape index (κ1) is 20.9. The van der Waals surface area contributed by atoms with E-state index in [0.717, 1.165) is 4.90 Å². The van der Waals surface area contributed by atoms with Gasteiger partial charge in [-0.1, -0.05) is 13.0 Å². The van der Waals surface area contributed by atoms with Crippen LogP contribution in [0.2, 0.25) is 0 Å². The number of aliphatic hydroxyl groups excluding tert-OH is 1. The lowest BCUT2D eigenvalue weighted by atomic mass is 9.94. The van der Waals surface area contributed by atoms with Crippen molar-refractivity contribution in [3.05, 3.63) is 48.0 Å². The Morgan fingerprint density at radius 1 is 1.22 bits per heavy atom. The Bertz CT molecular complexity index is 751. The van der Waals surface area contributed by atoms with Crippen LogP contribution in [0.25, 0.3) is 0 Å². The molecule has 0 saturated carbocycles. The van der Waals surface area contributed by atoms with E-state index in [2.05, 4.69) is 5.32 Å². The van der Waals surface area contributed by atoms with Crippen molar-refractivity contribution < 1.29 is 24.5 Å². The van der Waals surface area contributed by atoms with Crippen molar-refractivity contribution in [1.82, 2.24) is 0 Å². The second kappa shape index (κ2) is 10.1. The third-order valence-corrected chi connectivity index (χ3v) is 4.95. The van der Waals surface area contributed by atoms with E-state index in [1.807, 2.05) is 25.3 Å². The van der Waals surface area contributed by atoms with Gasteiger partial charge >= 0.3 is 6.09 Å². The minimum atomic E-state index is -0.626. The summed E-state index contributed by atoms with van der Waals surface area (Å²) in [6, 6.07) is 12.3. The van der Waals surface area contributed by atoms with Crippen LogP contribution < -0.4 is 10.1 Å². The zero-order valence-electron chi connectivity index (χ0n) is 15.6. The first-order valence-electron chi connectivity index (χ1n) is 8.58. The van der Waals surface area contributed by atoms with Crippen LogP contribution in [0, 0.1) is 5.92 Å². The SMILES string of the molecule is COc1ccc([C@@H](OC(=O)Nc2ccc(SC)cc2)[C@H](C)CCO)cc1O. The zero-order valence-corrected chi connectivity index (χ0v) is 16.5. The van der Waals surface area contributed by atoms with E-state index < -0.39 is 12.2 Å². The molecule has 0 aliphatic heterocycles. The van der Waals surface area contributed by atoms with Crippen LogP contribution in [0.5, 0.6) is 11.5 Å². The molecule has 0 spiro atoms. The van der Waals surface area contributed by atoms with Crippen LogP contribution >= 0.6 is 11.8 Å². The van der Waals surface area contributed by atoms with Gasteiger partial charge in [0.1, 0.15) is 6.10 Å². The molecule has 2 aromatic rings.